The Morgan fingerprint density at radius 1 is 0.750 bits per heavy atom. The maximum Gasteiger partial charge on any atom is 0.303 e. The topological polar surface area (TPSA) is 61.4 Å². The smallest absolute Gasteiger partial charge is 0.303 e. The molecule has 0 aromatic carbocycles. The lowest BCUT2D eigenvalue weighted by Gasteiger charge is -2.29. The largest absolute Gasteiger partial charge is 0.481 e. The van der Waals surface area contributed by atoms with Gasteiger partial charge in [0.2, 0.25) is 0 Å². The van der Waals surface area contributed by atoms with E-state index in [0.29, 0.717) is 18.5 Å². The van der Waals surface area contributed by atoms with Gasteiger partial charge in [0, 0.05) is 43.1 Å². The molecular formula is C22H46N2O2S2. The Kier molecular flexibility index (Phi) is 21.9. The highest BCUT2D eigenvalue weighted by molar-refractivity contribution is 7.80. The second-order valence-electron chi connectivity index (χ2n) is 7.83. The second kappa shape index (κ2) is 21.8. The molecule has 0 saturated heterocycles. The van der Waals surface area contributed by atoms with Crippen LogP contribution in [0.4, 0.5) is 0 Å². The lowest BCUT2D eigenvalue weighted by atomic mass is 9.95. The van der Waals surface area contributed by atoms with Crippen molar-refractivity contribution in [1.29, 1.82) is 0 Å². The molecule has 0 amide bonds. The van der Waals surface area contributed by atoms with Crippen LogP contribution in [-0.4, -0.2) is 47.8 Å². The van der Waals surface area contributed by atoms with Crippen LogP contribution in [0.2, 0.25) is 0 Å². The van der Waals surface area contributed by atoms with E-state index in [2.05, 4.69) is 42.8 Å². The molecule has 0 aromatic rings. The van der Waals surface area contributed by atoms with Crippen LogP contribution in [0.25, 0.3) is 0 Å². The van der Waals surface area contributed by atoms with Crippen molar-refractivity contribution in [2.24, 2.45) is 0 Å². The predicted octanol–water partition coefficient (Wildman–Crippen LogP) is 5.33. The van der Waals surface area contributed by atoms with Gasteiger partial charge in [-0.05, 0) is 19.3 Å². The number of hydrogen-bond acceptors (Lipinski definition) is 5. The summed E-state index contributed by atoms with van der Waals surface area (Å²) in [4.78, 5) is 10.6. The molecule has 0 aliphatic heterocycles. The van der Waals surface area contributed by atoms with E-state index in [-0.39, 0.29) is 0 Å². The van der Waals surface area contributed by atoms with Crippen LogP contribution >= 0.6 is 25.3 Å². The monoisotopic (exact) mass is 434 g/mol. The number of nitrogens with one attached hydrogen (secondary N) is 2. The summed E-state index contributed by atoms with van der Waals surface area (Å²) in [5.74, 6) is 1.06. The van der Waals surface area contributed by atoms with E-state index in [1.54, 1.807) is 0 Å². The van der Waals surface area contributed by atoms with E-state index in [1.165, 1.54) is 64.2 Å². The molecule has 0 spiro atoms. The molecule has 0 rings (SSSR count). The Morgan fingerprint density at radius 2 is 1.18 bits per heavy atom. The first kappa shape index (κ1) is 28.1. The molecule has 0 saturated carbocycles. The first-order chi connectivity index (χ1) is 13.7. The fourth-order valence-corrected chi connectivity index (χ4v) is 3.96. The maximum absolute atomic E-state index is 10.6. The molecule has 0 aliphatic rings. The van der Waals surface area contributed by atoms with Crippen molar-refractivity contribution in [1.82, 2.24) is 10.6 Å². The zero-order chi connectivity index (χ0) is 20.9. The number of carbonyl (C=O) groups is 1. The van der Waals surface area contributed by atoms with E-state index in [9.17, 15) is 4.79 Å². The molecule has 0 bridgehead atoms. The molecule has 0 aliphatic carbocycles. The molecule has 2 unspecified atom stereocenters. The molecule has 4 nitrogen and oxygen atoms in total. The van der Waals surface area contributed by atoms with Gasteiger partial charge in [0.1, 0.15) is 0 Å². The van der Waals surface area contributed by atoms with Crippen LogP contribution in [0.1, 0.15) is 96.8 Å². The third kappa shape index (κ3) is 18.1. The van der Waals surface area contributed by atoms with Crippen molar-refractivity contribution in [2.45, 2.75) is 109 Å². The molecule has 0 aromatic heterocycles. The summed E-state index contributed by atoms with van der Waals surface area (Å²) < 4.78 is 0. The highest BCUT2D eigenvalue weighted by Gasteiger charge is 2.19. The predicted molar refractivity (Wildman–Crippen MR) is 129 cm³/mol. The quantitative estimate of drug-likeness (QED) is 0.118. The molecule has 0 radical (unpaired) electrons. The Bertz CT molecular complexity index is 346. The fourth-order valence-electron chi connectivity index (χ4n) is 3.71. The van der Waals surface area contributed by atoms with Crippen LogP contribution in [0, 0.1) is 0 Å². The zero-order valence-corrected chi connectivity index (χ0v) is 19.9. The van der Waals surface area contributed by atoms with Gasteiger partial charge in [0.15, 0.2) is 0 Å². The van der Waals surface area contributed by atoms with E-state index in [4.69, 9.17) is 5.11 Å². The van der Waals surface area contributed by atoms with Crippen molar-refractivity contribution in [2.75, 3.05) is 24.6 Å². The normalized spacial score (nSPS) is 13.5. The van der Waals surface area contributed by atoms with Crippen molar-refractivity contribution in [3.63, 3.8) is 0 Å². The third-order valence-corrected chi connectivity index (χ3v) is 5.74. The van der Waals surface area contributed by atoms with E-state index in [1.807, 2.05) is 0 Å². The molecular weight excluding hydrogens is 388 g/mol. The molecule has 0 heterocycles. The summed E-state index contributed by atoms with van der Waals surface area (Å²) in [6.45, 7) is 4.17. The lowest BCUT2D eigenvalue weighted by Crippen LogP contribution is -2.49. The maximum atomic E-state index is 10.6. The minimum absolute atomic E-state index is 0.306. The molecule has 2 atom stereocenters. The number of rotatable bonds is 22. The van der Waals surface area contributed by atoms with Gasteiger partial charge in [-0.15, -0.1) is 0 Å². The van der Waals surface area contributed by atoms with Crippen molar-refractivity contribution < 1.29 is 9.90 Å². The van der Waals surface area contributed by atoms with Gasteiger partial charge in [-0.2, -0.15) is 25.3 Å². The third-order valence-electron chi connectivity index (χ3n) is 5.30. The molecule has 168 valence electrons. The average molecular weight is 435 g/mol. The Balaban J connectivity index is 4.27. The van der Waals surface area contributed by atoms with Gasteiger partial charge in [0.05, 0.1) is 0 Å². The average Bonchev–Trinajstić information content (AvgIpc) is 2.68. The molecule has 3 N–H and O–H groups in total. The number of hydrogen-bond donors (Lipinski definition) is 5. The van der Waals surface area contributed by atoms with Crippen LogP contribution < -0.4 is 10.6 Å². The van der Waals surface area contributed by atoms with Gasteiger partial charge < -0.3 is 15.7 Å². The highest BCUT2D eigenvalue weighted by Crippen LogP contribution is 2.16. The summed E-state index contributed by atoms with van der Waals surface area (Å²) in [5.41, 5.74) is 0. The molecule has 0 fully saturated rings. The number of carboxylic acid groups (broad SMARTS) is 1. The standard InChI is InChI=1S/C22H46N2O2S2/c1-2-3-4-5-7-10-13-20(23-16-18-27)21(24-17-19-28)14-11-8-6-9-12-15-22(25)26/h20-21,23-24,27-28H,2-19H2,1H3,(H,25,26). The lowest BCUT2D eigenvalue weighted by molar-refractivity contribution is -0.137. The summed E-state index contributed by atoms with van der Waals surface area (Å²) in [6.07, 6.45) is 16.1. The second-order valence-corrected chi connectivity index (χ2v) is 8.72. The minimum Gasteiger partial charge on any atom is -0.481 e. The Morgan fingerprint density at radius 3 is 1.61 bits per heavy atom. The van der Waals surface area contributed by atoms with Crippen LogP contribution in [0.5, 0.6) is 0 Å². The van der Waals surface area contributed by atoms with Gasteiger partial charge in [0.25, 0.3) is 0 Å². The van der Waals surface area contributed by atoms with Crippen LogP contribution in [-0.2, 0) is 4.79 Å². The van der Waals surface area contributed by atoms with E-state index in [0.717, 1.165) is 43.9 Å². The number of carboxylic acids is 1. The summed E-state index contributed by atoms with van der Waals surface area (Å²) in [6, 6.07) is 0.993. The number of thiol groups is 2. The van der Waals surface area contributed by atoms with Gasteiger partial charge >= 0.3 is 5.97 Å². The van der Waals surface area contributed by atoms with Gasteiger partial charge in [-0.25, -0.2) is 0 Å². The number of unbranched alkanes of at least 4 members (excludes halogenated alkanes) is 9. The van der Waals surface area contributed by atoms with Gasteiger partial charge in [-0.1, -0.05) is 71.1 Å². The van der Waals surface area contributed by atoms with Crippen molar-refractivity contribution in [3.8, 4) is 0 Å². The van der Waals surface area contributed by atoms with Crippen molar-refractivity contribution in [3.05, 3.63) is 0 Å². The zero-order valence-electron chi connectivity index (χ0n) is 18.1. The molecule has 6 heteroatoms. The van der Waals surface area contributed by atoms with Crippen LogP contribution in [0.15, 0.2) is 0 Å². The minimum atomic E-state index is -0.677. The number of aliphatic carboxylic acids is 1. The summed E-state index contributed by atoms with van der Waals surface area (Å²) in [5, 5.41) is 16.1. The van der Waals surface area contributed by atoms with Gasteiger partial charge in [-0.3, -0.25) is 4.79 Å². The Hall–Kier alpha value is 0.0900. The van der Waals surface area contributed by atoms with E-state index >= 15 is 0 Å². The van der Waals surface area contributed by atoms with E-state index < -0.39 is 5.97 Å². The summed E-state index contributed by atoms with van der Waals surface area (Å²) in [7, 11) is 0. The fraction of sp³-hybridized carbons (Fsp3) is 0.955. The highest BCUT2D eigenvalue weighted by atomic mass is 32.1. The Labute approximate surface area is 185 Å². The summed E-state index contributed by atoms with van der Waals surface area (Å²) >= 11 is 8.75. The first-order valence-corrected chi connectivity index (χ1v) is 12.8. The SMILES string of the molecule is CCCCCCCCC(NCCS)C(CCCCCCCC(=O)O)NCCS. The molecule has 28 heavy (non-hydrogen) atoms. The first-order valence-electron chi connectivity index (χ1n) is 11.6. The van der Waals surface area contributed by atoms with Crippen molar-refractivity contribution >= 4 is 31.2 Å². The van der Waals surface area contributed by atoms with Crippen LogP contribution in [0.3, 0.4) is 0 Å².